The van der Waals surface area contributed by atoms with Gasteiger partial charge in [0.1, 0.15) is 0 Å². The maximum atomic E-state index is 13.0. The lowest BCUT2D eigenvalue weighted by Gasteiger charge is -2.34. The fourth-order valence-corrected chi connectivity index (χ4v) is 3.93. The fraction of sp³-hybridized carbons (Fsp3) is 0.409. The quantitative estimate of drug-likeness (QED) is 0.634. The van der Waals surface area contributed by atoms with Crippen LogP contribution in [0.1, 0.15) is 37.3 Å². The van der Waals surface area contributed by atoms with Gasteiger partial charge in [-0.05, 0) is 47.7 Å². The van der Waals surface area contributed by atoms with E-state index in [1.165, 1.54) is 0 Å². The summed E-state index contributed by atoms with van der Waals surface area (Å²) in [5, 5.41) is 13.1. The molecule has 0 radical (unpaired) electrons. The minimum atomic E-state index is -4.73. The number of amides is 1. The molecule has 8 heteroatoms. The molecule has 1 heterocycles. The predicted molar refractivity (Wildman–Crippen MR) is 111 cm³/mol. The molecule has 0 spiro atoms. The number of carbonyl (C=O) groups is 1. The van der Waals surface area contributed by atoms with E-state index in [2.05, 4.69) is 5.32 Å². The van der Waals surface area contributed by atoms with E-state index in [0.29, 0.717) is 29.1 Å². The van der Waals surface area contributed by atoms with Crippen LogP contribution in [0.4, 0.5) is 18.9 Å². The highest BCUT2D eigenvalue weighted by atomic mass is 35.5. The van der Waals surface area contributed by atoms with Crippen LogP contribution in [0, 0.1) is 0 Å². The molecule has 4 nitrogen and oxygen atoms in total. The average Bonchev–Trinajstić information content (AvgIpc) is 2.70. The second kappa shape index (κ2) is 9.37. The number of hydrogen-bond donors (Lipinski definition) is 2. The summed E-state index contributed by atoms with van der Waals surface area (Å²) in [7, 11) is 0. The Bertz CT molecular complexity index is 918. The van der Waals surface area contributed by atoms with Gasteiger partial charge in [-0.3, -0.25) is 9.69 Å². The molecule has 0 aromatic heterocycles. The van der Waals surface area contributed by atoms with Gasteiger partial charge in [-0.1, -0.05) is 43.1 Å². The molecule has 162 valence electrons. The first-order valence-corrected chi connectivity index (χ1v) is 10.3. The van der Waals surface area contributed by atoms with Crippen molar-refractivity contribution in [3.8, 4) is 11.1 Å². The Labute approximate surface area is 178 Å². The summed E-state index contributed by atoms with van der Waals surface area (Å²) in [6.45, 7) is 1.97. The average molecular weight is 441 g/mol. The zero-order valence-electron chi connectivity index (χ0n) is 16.6. The molecule has 1 amide bonds. The summed E-state index contributed by atoms with van der Waals surface area (Å²) in [5.41, 5.74) is 3.55. The Morgan fingerprint density at radius 2 is 2.00 bits per heavy atom. The normalized spacial score (nSPS) is 15.5. The number of carbonyl (C=O) groups excluding carboxylic acids is 1. The molecule has 30 heavy (non-hydrogen) atoms. The van der Waals surface area contributed by atoms with Crippen molar-refractivity contribution in [3.63, 3.8) is 0 Å². The van der Waals surface area contributed by atoms with Crippen LogP contribution in [0.25, 0.3) is 11.1 Å². The molecule has 1 atom stereocenters. The Morgan fingerprint density at radius 1 is 1.27 bits per heavy atom. The Balaban J connectivity index is 2.00. The van der Waals surface area contributed by atoms with E-state index in [9.17, 15) is 23.1 Å². The Kier molecular flexibility index (Phi) is 7.06. The predicted octanol–water partition coefficient (Wildman–Crippen LogP) is 5.37. The number of hydrogen-bond acceptors (Lipinski definition) is 3. The summed E-state index contributed by atoms with van der Waals surface area (Å²) >= 11 is 6.38. The maximum absolute atomic E-state index is 13.0. The minimum Gasteiger partial charge on any atom is -0.370 e. The molecule has 1 aliphatic rings. The first kappa shape index (κ1) is 22.6. The third-order valence-electron chi connectivity index (χ3n) is 5.21. The third kappa shape index (κ3) is 5.14. The molecule has 0 aliphatic carbocycles. The van der Waals surface area contributed by atoms with E-state index in [-0.39, 0.29) is 19.0 Å². The molecule has 2 aromatic rings. The van der Waals surface area contributed by atoms with E-state index in [4.69, 9.17) is 11.6 Å². The van der Waals surface area contributed by atoms with Gasteiger partial charge in [-0.15, -0.1) is 0 Å². The van der Waals surface area contributed by atoms with Crippen molar-refractivity contribution < 1.29 is 23.1 Å². The molecule has 1 unspecified atom stereocenters. The smallest absolute Gasteiger partial charge is 0.370 e. The summed E-state index contributed by atoms with van der Waals surface area (Å²) in [5.74, 6) is -0.148. The largest absolute Gasteiger partial charge is 0.428 e. The van der Waals surface area contributed by atoms with Crippen LogP contribution >= 0.6 is 11.6 Å². The number of aliphatic hydroxyl groups excluding tert-OH is 1. The van der Waals surface area contributed by atoms with Crippen molar-refractivity contribution >= 4 is 23.2 Å². The van der Waals surface area contributed by atoms with Gasteiger partial charge in [0.2, 0.25) is 12.1 Å². The molecule has 3 rings (SSSR count). The molecular weight excluding hydrogens is 417 g/mol. The van der Waals surface area contributed by atoms with Crippen molar-refractivity contribution in [3.05, 3.63) is 52.5 Å². The summed E-state index contributed by atoms with van der Waals surface area (Å²) < 4.78 is 39.0. The number of rotatable bonds is 6. The lowest BCUT2D eigenvalue weighted by atomic mass is 9.89. The second-order valence-electron chi connectivity index (χ2n) is 7.43. The second-order valence-corrected chi connectivity index (χ2v) is 7.84. The first-order valence-electron chi connectivity index (χ1n) is 9.90. The number of aliphatic hydroxyl groups is 1. The SMILES string of the molecule is CCCCC(=O)Nc1cc2c(c(-c3ccccc3Cl)c1)CCN(C(O)C(F)(F)F)C2. The van der Waals surface area contributed by atoms with Crippen molar-refractivity contribution in [1.29, 1.82) is 0 Å². The molecule has 0 bridgehead atoms. The van der Waals surface area contributed by atoms with Crippen LogP contribution in [0.2, 0.25) is 5.02 Å². The van der Waals surface area contributed by atoms with E-state index < -0.39 is 12.4 Å². The topological polar surface area (TPSA) is 52.6 Å². The maximum Gasteiger partial charge on any atom is 0.428 e. The van der Waals surface area contributed by atoms with Crippen LogP contribution in [0.15, 0.2) is 36.4 Å². The van der Waals surface area contributed by atoms with Gasteiger partial charge >= 0.3 is 6.18 Å². The molecule has 0 saturated heterocycles. The van der Waals surface area contributed by atoms with Gasteiger partial charge in [0, 0.05) is 35.8 Å². The third-order valence-corrected chi connectivity index (χ3v) is 5.54. The van der Waals surface area contributed by atoms with Gasteiger partial charge in [0.05, 0.1) is 0 Å². The molecule has 1 aliphatic heterocycles. The number of anilines is 1. The number of nitrogens with one attached hydrogen (secondary N) is 1. The highest BCUT2D eigenvalue weighted by molar-refractivity contribution is 6.33. The van der Waals surface area contributed by atoms with E-state index in [1.807, 2.05) is 25.1 Å². The van der Waals surface area contributed by atoms with Crippen LogP contribution in [-0.4, -0.2) is 34.9 Å². The fourth-order valence-electron chi connectivity index (χ4n) is 3.69. The summed E-state index contributed by atoms with van der Waals surface area (Å²) in [4.78, 5) is 13.2. The summed E-state index contributed by atoms with van der Waals surface area (Å²) in [6.07, 6.45) is -4.93. The lowest BCUT2D eigenvalue weighted by Crippen LogP contribution is -2.47. The molecular formula is C22H24ClF3N2O2. The van der Waals surface area contributed by atoms with Gasteiger partial charge < -0.3 is 10.4 Å². The monoisotopic (exact) mass is 440 g/mol. The number of benzene rings is 2. The van der Waals surface area contributed by atoms with Gasteiger partial charge in [0.15, 0.2) is 0 Å². The van der Waals surface area contributed by atoms with Gasteiger partial charge in [-0.2, -0.15) is 13.2 Å². The van der Waals surface area contributed by atoms with Crippen LogP contribution in [-0.2, 0) is 17.8 Å². The number of nitrogens with zero attached hydrogens (tertiary/aromatic N) is 1. The lowest BCUT2D eigenvalue weighted by molar-refractivity contribution is -0.252. The molecule has 2 aromatic carbocycles. The van der Waals surface area contributed by atoms with Crippen molar-refractivity contribution in [2.75, 3.05) is 11.9 Å². The zero-order chi connectivity index (χ0) is 21.9. The number of halogens is 4. The van der Waals surface area contributed by atoms with Crippen molar-refractivity contribution in [1.82, 2.24) is 4.90 Å². The number of unbranched alkanes of at least 4 members (excludes halogenated alkanes) is 1. The van der Waals surface area contributed by atoms with Crippen LogP contribution in [0.5, 0.6) is 0 Å². The molecule has 0 fully saturated rings. The minimum absolute atomic E-state index is 0.0628. The molecule has 0 saturated carbocycles. The van der Waals surface area contributed by atoms with E-state index in [0.717, 1.165) is 34.4 Å². The van der Waals surface area contributed by atoms with Crippen LogP contribution in [0.3, 0.4) is 0 Å². The zero-order valence-corrected chi connectivity index (χ0v) is 17.4. The Hall–Kier alpha value is -2.09. The summed E-state index contributed by atoms with van der Waals surface area (Å²) in [6, 6.07) is 10.7. The standard InChI is InChI=1S/C22H24ClF3N2O2/c1-2-3-8-20(29)27-15-11-14-13-28(21(30)22(24,25)26)10-9-16(14)18(12-15)17-6-4-5-7-19(17)23/h4-7,11-12,21,30H,2-3,8-10,13H2,1H3,(H,27,29). The van der Waals surface area contributed by atoms with E-state index in [1.54, 1.807) is 18.2 Å². The molecule has 2 N–H and O–H groups in total. The highest BCUT2D eigenvalue weighted by Crippen LogP contribution is 2.38. The highest BCUT2D eigenvalue weighted by Gasteiger charge is 2.43. The van der Waals surface area contributed by atoms with Gasteiger partial charge in [0.25, 0.3) is 0 Å². The van der Waals surface area contributed by atoms with Crippen LogP contribution < -0.4 is 5.32 Å². The van der Waals surface area contributed by atoms with Crippen molar-refractivity contribution in [2.45, 2.75) is 51.6 Å². The number of alkyl halides is 3. The number of fused-ring (bicyclic) bond motifs is 1. The van der Waals surface area contributed by atoms with E-state index >= 15 is 0 Å². The Morgan fingerprint density at radius 3 is 2.67 bits per heavy atom. The van der Waals surface area contributed by atoms with Crippen molar-refractivity contribution in [2.24, 2.45) is 0 Å². The van der Waals surface area contributed by atoms with Gasteiger partial charge in [-0.25, -0.2) is 0 Å². The first-order chi connectivity index (χ1) is 14.2.